The van der Waals surface area contributed by atoms with E-state index in [9.17, 15) is 9.59 Å². The Hall–Kier alpha value is -3.80. The number of rotatable bonds is 7. The molecule has 0 aromatic heterocycles. The average Bonchev–Trinajstić information content (AvgIpc) is 2.75. The summed E-state index contributed by atoms with van der Waals surface area (Å²) >= 11 is 0. The standard InChI is InChI=1S/C23H22N2O4/c1-28-22(26)21(16-17-8-4-2-5-9-17)25-23(27)24-18-12-14-20(15-13-18)29-19-10-6-3-7-11-19/h2-15,21H,16H2,1H3,(H2,24,25,27)/t21-/m0/s1. The molecule has 29 heavy (non-hydrogen) atoms. The highest BCUT2D eigenvalue weighted by Crippen LogP contribution is 2.22. The van der Waals surface area contributed by atoms with Gasteiger partial charge in [0.2, 0.25) is 0 Å². The molecule has 0 aliphatic carbocycles. The Morgan fingerprint density at radius 2 is 1.41 bits per heavy atom. The molecule has 148 valence electrons. The zero-order valence-electron chi connectivity index (χ0n) is 16.0. The number of nitrogens with one attached hydrogen (secondary N) is 2. The molecule has 2 amide bonds. The van der Waals surface area contributed by atoms with Crippen molar-refractivity contribution in [1.82, 2.24) is 5.32 Å². The second-order valence-electron chi connectivity index (χ2n) is 6.30. The Bertz CT molecular complexity index is 928. The average molecular weight is 390 g/mol. The van der Waals surface area contributed by atoms with Crippen molar-refractivity contribution in [1.29, 1.82) is 0 Å². The summed E-state index contributed by atoms with van der Waals surface area (Å²) in [6.07, 6.45) is 0.338. The maximum Gasteiger partial charge on any atom is 0.328 e. The van der Waals surface area contributed by atoms with Gasteiger partial charge in [0.1, 0.15) is 17.5 Å². The number of methoxy groups -OCH3 is 1. The van der Waals surface area contributed by atoms with E-state index in [0.29, 0.717) is 17.9 Å². The van der Waals surface area contributed by atoms with Gasteiger partial charge in [-0.05, 0) is 42.0 Å². The lowest BCUT2D eigenvalue weighted by Crippen LogP contribution is -2.45. The lowest BCUT2D eigenvalue weighted by Gasteiger charge is -2.17. The van der Waals surface area contributed by atoms with Crippen molar-refractivity contribution in [2.45, 2.75) is 12.5 Å². The van der Waals surface area contributed by atoms with Gasteiger partial charge in [0.25, 0.3) is 0 Å². The van der Waals surface area contributed by atoms with E-state index < -0.39 is 18.0 Å². The molecule has 3 aromatic carbocycles. The minimum absolute atomic E-state index is 0.338. The van der Waals surface area contributed by atoms with Crippen molar-refractivity contribution in [3.63, 3.8) is 0 Å². The zero-order chi connectivity index (χ0) is 20.5. The third kappa shape index (κ3) is 6.10. The van der Waals surface area contributed by atoms with Crippen LogP contribution in [0.3, 0.4) is 0 Å². The fraction of sp³-hybridized carbons (Fsp3) is 0.130. The Balaban J connectivity index is 1.58. The van der Waals surface area contributed by atoms with Crippen LogP contribution in [-0.2, 0) is 16.0 Å². The van der Waals surface area contributed by atoms with Crippen LogP contribution in [0.5, 0.6) is 11.5 Å². The minimum Gasteiger partial charge on any atom is -0.467 e. The van der Waals surface area contributed by atoms with Crippen LogP contribution in [0.1, 0.15) is 5.56 Å². The SMILES string of the molecule is COC(=O)[C@H](Cc1ccccc1)NC(=O)Nc1ccc(Oc2ccccc2)cc1. The van der Waals surface area contributed by atoms with Crippen molar-refractivity contribution >= 4 is 17.7 Å². The Morgan fingerprint density at radius 1 is 0.828 bits per heavy atom. The summed E-state index contributed by atoms with van der Waals surface area (Å²) in [6.45, 7) is 0. The first-order chi connectivity index (χ1) is 14.1. The summed E-state index contributed by atoms with van der Waals surface area (Å²) in [7, 11) is 1.30. The number of amides is 2. The minimum atomic E-state index is -0.789. The van der Waals surface area contributed by atoms with Gasteiger partial charge in [-0.25, -0.2) is 9.59 Å². The first-order valence-electron chi connectivity index (χ1n) is 9.16. The van der Waals surface area contributed by atoms with Crippen molar-refractivity contribution in [2.75, 3.05) is 12.4 Å². The number of ether oxygens (including phenoxy) is 2. The molecular formula is C23H22N2O4. The number of hydrogen-bond acceptors (Lipinski definition) is 4. The van der Waals surface area contributed by atoms with E-state index >= 15 is 0 Å². The van der Waals surface area contributed by atoms with Gasteiger partial charge in [-0.2, -0.15) is 0 Å². The van der Waals surface area contributed by atoms with Crippen LogP contribution in [0.2, 0.25) is 0 Å². The van der Waals surface area contributed by atoms with Gasteiger partial charge >= 0.3 is 12.0 Å². The van der Waals surface area contributed by atoms with Gasteiger partial charge in [0, 0.05) is 12.1 Å². The smallest absolute Gasteiger partial charge is 0.328 e. The predicted octanol–water partition coefficient (Wildman–Crippen LogP) is 4.38. The van der Waals surface area contributed by atoms with E-state index in [-0.39, 0.29) is 0 Å². The second-order valence-corrected chi connectivity index (χ2v) is 6.30. The first-order valence-corrected chi connectivity index (χ1v) is 9.16. The highest BCUT2D eigenvalue weighted by Gasteiger charge is 2.22. The largest absolute Gasteiger partial charge is 0.467 e. The first kappa shape index (κ1) is 19.9. The number of hydrogen-bond donors (Lipinski definition) is 2. The van der Waals surface area contributed by atoms with Crippen LogP contribution in [0.15, 0.2) is 84.9 Å². The molecule has 0 aliphatic heterocycles. The van der Waals surface area contributed by atoms with Crippen molar-refractivity contribution < 1.29 is 19.1 Å². The van der Waals surface area contributed by atoms with Gasteiger partial charge in [0.05, 0.1) is 7.11 Å². The lowest BCUT2D eigenvalue weighted by molar-refractivity contribution is -0.142. The number of anilines is 1. The van der Waals surface area contributed by atoms with Gasteiger partial charge in [0.15, 0.2) is 0 Å². The molecule has 0 saturated heterocycles. The summed E-state index contributed by atoms with van der Waals surface area (Å²) in [4.78, 5) is 24.4. The van der Waals surface area contributed by atoms with Gasteiger partial charge < -0.3 is 20.1 Å². The fourth-order valence-electron chi connectivity index (χ4n) is 2.74. The molecule has 2 N–H and O–H groups in total. The molecule has 6 heteroatoms. The normalized spacial score (nSPS) is 11.2. The Labute approximate surface area is 169 Å². The van der Waals surface area contributed by atoms with Crippen LogP contribution in [0.4, 0.5) is 10.5 Å². The molecule has 0 spiro atoms. The van der Waals surface area contributed by atoms with E-state index in [1.165, 1.54) is 7.11 Å². The van der Waals surface area contributed by atoms with Gasteiger partial charge in [-0.15, -0.1) is 0 Å². The van der Waals surface area contributed by atoms with Crippen LogP contribution >= 0.6 is 0 Å². The second kappa shape index (κ2) is 9.94. The molecule has 0 aliphatic rings. The van der Waals surface area contributed by atoms with Gasteiger partial charge in [-0.1, -0.05) is 48.5 Å². The predicted molar refractivity (Wildman–Crippen MR) is 111 cm³/mol. The molecule has 0 saturated carbocycles. The fourth-order valence-corrected chi connectivity index (χ4v) is 2.74. The monoisotopic (exact) mass is 390 g/mol. The molecule has 0 heterocycles. The van der Waals surface area contributed by atoms with Crippen molar-refractivity contribution in [3.05, 3.63) is 90.5 Å². The highest BCUT2D eigenvalue weighted by molar-refractivity contribution is 5.92. The number of carbonyl (C=O) groups is 2. The van der Waals surface area contributed by atoms with Crippen molar-refractivity contribution in [3.8, 4) is 11.5 Å². The van der Waals surface area contributed by atoms with Crippen LogP contribution < -0.4 is 15.4 Å². The molecule has 3 aromatic rings. The molecular weight excluding hydrogens is 368 g/mol. The van der Waals surface area contributed by atoms with E-state index in [2.05, 4.69) is 10.6 Å². The van der Waals surface area contributed by atoms with E-state index in [0.717, 1.165) is 11.3 Å². The van der Waals surface area contributed by atoms with Crippen molar-refractivity contribution in [2.24, 2.45) is 0 Å². The summed E-state index contributed by atoms with van der Waals surface area (Å²) in [5.41, 5.74) is 1.50. The molecule has 6 nitrogen and oxygen atoms in total. The lowest BCUT2D eigenvalue weighted by atomic mass is 10.1. The highest BCUT2D eigenvalue weighted by atomic mass is 16.5. The van der Waals surface area contributed by atoms with Crippen LogP contribution in [-0.4, -0.2) is 25.2 Å². The number of esters is 1. The van der Waals surface area contributed by atoms with Crippen LogP contribution in [0.25, 0.3) is 0 Å². The maximum atomic E-state index is 12.3. The van der Waals surface area contributed by atoms with E-state index in [1.807, 2.05) is 60.7 Å². The van der Waals surface area contributed by atoms with E-state index in [1.54, 1.807) is 24.3 Å². The summed E-state index contributed by atoms with van der Waals surface area (Å²) in [5, 5.41) is 5.38. The maximum absolute atomic E-state index is 12.3. The van der Waals surface area contributed by atoms with E-state index in [4.69, 9.17) is 9.47 Å². The third-order valence-electron chi connectivity index (χ3n) is 4.16. The number of benzene rings is 3. The Morgan fingerprint density at radius 3 is 2.03 bits per heavy atom. The topological polar surface area (TPSA) is 76.7 Å². The molecule has 0 radical (unpaired) electrons. The molecule has 1 atom stereocenters. The number of carbonyl (C=O) groups excluding carboxylic acids is 2. The summed E-state index contributed by atoms with van der Waals surface area (Å²) in [6, 6.07) is 24.5. The van der Waals surface area contributed by atoms with Gasteiger partial charge in [-0.3, -0.25) is 0 Å². The molecule has 0 unspecified atom stereocenters. The Kier molecular flexibility index (Phi) is 6.84. The summed E-state index contributed by atoms with van der Waals surface area (Å²) < 4.78 is 10.5. The molecule has 3 rings (SSSR count). The quantitative estimate of drug-likeness (QED) is 0.587. The zero-order valence-corrected chi connectivity index (χ0v) is 16.0. The number of urea groups is 1. The van der Waals surface area contributed by atoms with Crippen LogP contribution in [0, 0.1) is 0 Å². The number of para-hydroxylation sites is 1. The summed E-state index contributed by atoms with van der Waals surface area (Å²) in [5.74, 6) is 0.877. The molecule has 0 bridgehead atoms. The molecule has 0 fully saturated rings. The third-order valence-corrected chi connectivity index (χ3v) is 4.16.